The fourth-order valence-electron chi connectivity index (χ4n) is 1.20. The monoisotopic (exact) mass is 243 g/mol. The summed E-state index contributed by atoms with van der Waals surface area (Å²) in [5.41, 5.74) is 0. The second kappa shape index (κ2) is 5.86. The molecule has 1 rings (SSSR count). The first-order valence-electron chi connectivity index (χ1n) is 5.10. The lowest BCUT2D eigenvalue weighted by atomic mass is 10.4. The third-order valence-electron chi connectivity index (χ3n) is 2.19. The first-order chi connectivity index (χ1) is 7.54. The lowest BCUT2D eigenvalue weighted by Crippen LogP contribution is -2.29. The minimum absolute atomic E-state index is 0.570. The fourth-order valence-corrected chi connectivity index (χ4v) is 1.44. The van der Waals surface area contributed by atoms with Crippen molar-refractivity contribution in [3.63, 3.8) is 0 Å². The number of nitrogens with zero attached hydrogens (tertiary/aromatic N) is 4. The van der Waals surface area contributed by atoms with Gasteiger partial charge in [0.25, 0.3) is 0 Å². The molecule has 1 aromatic rings. The molecule has 0 fully saturated rings. The van der Waals surface area contributed by atoms with Gasteiger partial charge in [0.2, 0.25) is 5.95 Å². The van der Waals surface area contributed by atoms with Crippen LogP contribution in [0.25, 0.3) is 0 Å². The van der Waals surface area contributed by atoms with Crippen molar-refractivity contribution in [1.82, 2.24) is 14.9 Å². The van der Waals surface area contributed by atoms with E-state index in [0.29, 0.717) is 11.0 Å². The Kier molecular flexibility index (Phi) is 4.76. The van der Waals surface area contributed by atoms with Crippen molar-refractivity contribution in [1.29, 1.82) is 0 Å². The summed E-state index contributed by atoms with van der Waals surface area (Å²) >= 11 is 6.06. The van der Waals surface area contributed by atoms with Gasteiger partial charge in [-0.3, -0.25) is 0 Å². The Bertz CT molecular complexity index is 342. The molecule has 0 atom stereocenters. The molecule has 0 saturated carbocycles. The zero-order valence-corrected chi connectivity index (χ0v) is 10.9. The lowest BCUT2D eigenvalue weighted by Gasteiger charge is -2.21. The van der Waals surface area contributed by atoms with Crippen LogP contribution in [0.3, 0.4) is 0 Å². The Morgan fingerprint density at radius 1 is 1.31 bits per heavy atom. The van der Waals surface area contributed by atoms with E-state index in [9.17, 15) is 0 Å². The third-order valence-corrected chi connectivity index (χ3v) is 2.46. The predicted octanol–water partition coefficient (Wildman–Crippen LogP) is 1.17. The number of anilines is 2. The summed E-state index contributed by atoms with van der Waals surface area (Å²) in [6, 6.07) is 0. The van der Waals surface area contributed by atoms with Crippen LogP contribution in [-0.2, 0) is 0 Å². The van der Waals surface area contributed by atoms with Crippen molar-refractivity contribution >= 4 is 23.4 Å². The van der Waals surface area contributed by atoms with Crippen molar-refractivity contribution in [3.05, 3.63) is 11.2 Å². The van der Waals surface area contributed by atoms with E-state index in [1.807, 2.05) is 26.0 Å². The van der Waals surface area contributed by atoms with Crippen LogP contribution in [0.1, 0.15) is 0 Å². The number of aromatic nitrogens is 2. The average Bonchev–Trinajstić information content (AvgIpc) is 2.26. The molecular weight excluding hydrogens is 226 g/mol. The van der Waals surface area contributed by atoms with Gasteiger partial charge in [-0.15, -0.1) is 0 Å². The summed E-state index contributed by atoms with van der Waals surface area (Å²) in [7, 11) is 7.83. The quantitative estimate of drug-likeness (QED) is 0.841. The van der Waals surface area contributed by atoms with Gasteiger partial charge in [-0.2, -0.15) is 4.98 Å². The van der Waals surface area contributed by atoms with E-state index in [0.717, 1.165) is 18.9 Å². The van der Waals surface area contributed by atoms with E-state index in [2.05, 4.69) is 20.2 Å². The zero-order chi connectivity index (χ0) is 12.1. The molecule has 0 unspecified atom stereocenters. The van der Waals surface area contributed by atoms with Gasteiger partial charge in [0.05, 0.1) is 6.20 Å². The number of halogens is 1. The molecule has 0 amide bonds. The Morgan fingerprint density at radius 2 is 2.00 bits per heavy atom. The van der Waals surface area contributed by atoms with E-state index in [-0.39, 0.29) is 0 Å². The van der Waals surface area contributed by atoms with Gasteiger partial charge in [-0.25, -0.2) is 4.98 Å². The molecule has 16 heavy (non-hydrogen) atoms. The van der Waals surface area contributed by atoms with Crippen molar-refractivity contribution in [2.24, 2.45) is 0 Å². The molecule has 0 aliphatic rings. The molecule has 1 aromatic heterocycles. The highest BCUT2D eigenvalue weighted by Crippen LogP contribution is 2.22. The standard InChI is InChI=1S/C10H18ClN5/c1-12-10-13-7-8(11)9(14-10)16(4)6-5-15(2)3/h7H,5-6H2,1-4H3,(H,12,13,14). The van der Waals surface area contributed by atoms with Gasteiger partial charge in [0, 0.05) is 27.2 Å². The molecule has 0 aromatic carbocycles. The Morgan fingerprint density at radius 3 is 2.56 bits per heavy atom. The molecule has 0 spiro atoms. The maximum atomic E-state index is 6.06. The minimum atomic E-state index is 0.570. The van der Waals surface area contributed by atoms with Crippen LogP contribution in [0.2, 0.25) is 5.02 Å². The molecule has 0 saturated heterocycles. The zero-order valence-electron chi connectivity index (χ0n) is 10.2. The van der Waals surface area contributed by atoms with Gasteiger partial charge < -0.3 is 15.1 Å². The fraction of sp³-hybridized carbons (Fsp3) is 0.600. The van der Waals surface area contributed by atoms with Crippen LogP contribution in [0.4, 0.5) is 11.8 Å². The molecule has 0 aliphatic heterocycles. The van der Waals surface area contributed by atoms with Crippen LogP contribution < -0.4 is 10.2 Å². The second-order valence-electron chi connectivity index (χ2n) is 3.84. The van der Waals surface area contributed by atoms with Crippen molar-refractivity contribution < 1.29 is 0 Å². The number of nitrogens with one attached hydrogen (secondary N) is 1. The summed E-state index contributed by atoms with van der Waals surface area (Å²) in [5, 5.41) is 3.47. The molecule has 90 valence electrons. The molecule has 1 N–H and O–H groups in total. The summed E-state index contributed by atoms with van der Waals surface area (Å²) in [4.78, 5) is 12.5. The molecule has 1 heterocycles. The summed E-state index contributed by atoms with van der Waals surface area (Å²) in [5.74, 6) is 1.33. The maximum Gasteiger partial charge on any atom is 0.224 e. The topological polar surface area (TPSA) is 44.3 Å². The Balaban J connectivity index is 2.76. The highest BCUT2D eigenvalue weighted by molar-refractivity contribution is 6.32. The smallest absolute Gasteiger partial charge is 0.224 e. The summed E-state index contributed by atoms with van der Waals surface area (Å²) < 4.78 is 0. The molecular formula is C10H18ClN5. The van der Waals surface area contributed by atoms with Crippen LogP contribution >= 0.6 is 11.6 Å². The SMILES string of the molecule is CNc1ncc(Cl)c(N(C)CCN(C)C)n1. The van der Waals surface area contributed by atoms with E-state index < -0.39 is 0 Å². The van der Waals surface area contributed by atoms with Gasteiger partial charge in [0.15, 0.2) is 5.82 Å². The van der Waals surface area contributed by atoms with Crippen LogP contribution in [0.15, 0.2) is 6.20 Å². The van der Waals surface area contributed by atoms with Gasteiger partial charge in [-0.05, 0) is 14.1 Å². The van der Waals surface area contributed by atoms with Gasteiger partial charge in [-0.1, -0.05) is 11.6 Å². The number of rotatable bonds is 5. The number of hydrogen-bond acceptors (Lipinski definition) is 5. The van der Waals surface area contributed by atoms with Crippen LogP contribution in [0, 0.1) is 0 Å². The van der Waals surface area contributed by atoms with E-state index in [4.69, 9.17) is 11.6 Å². The largest absolute Gasteiger partial charge is 0.357 e. The molecule has 0 aliphatic carbocycles. The molecule has 5 nitrogen and oxygen atoms in total. The van der Waals surface area contributed by atoms with Crippen molar-refractivity contribution in [2.45, 2.75) is 0 Å². The maximum absolute atomic E-state index is 6.06. The van der Waals surface area contributed by atoms with E-state index in [1.165, 1.54) is 0 Å². The van der Waals surface area contributed by atoms with Crippen LogP contribution in [0.5, 0.6) is 0 Å². The predicted molar refractivity (Wildman–Crippen MR) is 68.4 cm³/mol. The number of hydrogen-bond donors (Lipinski definition) is 1. The highest BCUT2D eigenvalue weighted by atomic mass is 35.5. The molecule has 6 heteroatoms. The Labute approximate surface area is 101 Å². The summed E-state index contributed by atoms with van der Waals surface area (Å²) in [6.07, 6.45) is 1.61. The Hall–Kier alpha value is -1.07. The number of likely N-dealkylation sites (N-methyl/N-ethyl adjacent to an activating group) is 2. The first kappa shape index (κ1) is 13.0. The van der Waals surface area contributed by atoms with Crippen molar-refractivity contribution in [3.8, 4) is 0 Å². The minimum Gasteiger partial charge on any atom is -0.357 e. The molecule has 0 bridgehead atoms. The molecule has 0 radical (unpaired) electrons. The third kappa shape index (κ3) is 3.50. The first-order valence-corrected chi connectivity index (χ1v) is 5.48. The normalized spacial score (nSPS) is 10.6. The van der Waals surface area contributed by atoms with E-state index in [1.54, 1.807) is 13.2 Å². The van der Waals surface area contributed by atoms with E-state index >= 15 is 0 Å². The van der Waals surface area contributed by atoms with Crippen molar-refractivity contribution in [2.75, 3.05) is 51.5 Å². The van der Waals surface area contributed by atoms with Gasteiger partial charge >= 0.3 is 0 Å². The second-order valence-corrected chi connectivity index (χ2v) is 4.25. The summed E-state index contributed by atoms with van der Waals surface area (Å²) in [6.45, 7) is 1.82. The lowest BCUT2D eigenvalue weighted by molar-refractivity contribution is 0.416. The van der Waals surface area contributed by atoms with Crippen LogP contribution in [-0.4, -0.2) is 56.1 Å². The average molecular weight is 244 g/mol. The van der Waals surface area contributed by atoms with Gasteiger partial charge in [0.1, 0.15) is 5.02 Å². The highest BCUT2D eigenvalue weighted by Gasteiger charge is 2.09.